The fourth-order valence-electron chi connectivity index (χ4n) is 1.67. The molecule has 0 radical (unpaired) electrons. The summed E-state index contributed by atoms with van der Waals surface area (Å²) in [4.78, 5) is 20.9. The van der Waals surface area contributed by atoms with E-state index in [1.807, 2.05) is 20.8 Å². The van der Waals surface area contributed by atoms with Crippen LogP contribution in [0.15, 0.2) is 6.20 Å². The van der Waals surface area contributed by atoms with Crippen LogP contribution in [0.5, 0.6) is 0 Å². The van der Waals surface area contributed by atoms with Crippen molar-refractivity contribution >= 4 is 5.97 Å². The highest BCUT2D eigenvalue weighted by Gasteiger charge is 2.28. The lowest BCUT2D eigenvalue weighted by molar-refractivity contribution is 0.0522. The Morgan fingerprint density at radius 3 is 2.16 bits per heavy atom. The van der Waals surface area contributed by atoms with Gasteiger partial charge in [0.1, 0.15) is 11.4 Å². The Kier molecular flexibility index (Phi) is 4.33. The summed E-state index contributed by atoms with van der Waals surface area (Å²) in [6.07, 6.45) is 1.59. The molecule has 0 aliphatic rings. The standard InChI is InChI=1S/C15H24N2O2/c1-8-19-12(18)10-9-16-13(15(5,6)7)17-11(10)14(2,3)4/h9H,8H2,1-7H3. The monoisotopic (exact) mass is 264 g/mol. The largest absolute Gasteiger partial charge is 0.462 e. The quantitative estimate of drug-likeness (QED) is 0.769. The van der Waals surface area contributed by atoms with Crippen molar-refractivity contribution in [3.8, 4) is 0 Å². The molecule has 1 aromatic heterocycles. The van der Waals surface area contributed by atoms with Crippen molar-refractivity contribution in [1.29, 1.82) is 0 Å². The minimum Gasteiger partial charge on any atom is -0.462 e. The van der Waals surface area contributed by atoms with Gasteiger partial charge >= 0.3 is 5.97 Å². The Hall–Kier alpha value is -1.45. The van der Waals surface area contributed by atoms with Crippen LogP contribution >= 0.6 is 0 Å². The molecule has 0 bridgehead atoms. The van der Waals surface area contributed by atoms with Crippen molar-refractivity contribution in [3.05, 3.63) is 23.3 Å². The predicted octanol–water partition coefficient (Wildman–Crippen LogP) is 3.25. The van der Waals surface area contributed by atoms with Crippen LogP contribution < -0.4 is 0 Å². The number of hydrogen-bond acceptors (Lipinski definition) is 4. The molecule has 0 spiro atoms. The van der Waals surface area contributed by atoms with Gasteiger partial charge in [-0.05, 0) is 6.92 Å². The average Bonchev–Trinajstić information content (AvgIpc) is 2.26. The Bertz CT molecular complexity index is 468. The normalized spacial score (nSPS) is 12.4. The van der Waals surface area contributed by atoms with Crippen LogP contribution in [-0.4, -0.2) is 22.5 Å². The van der Waals surface area contributed by atoms with E-state index in [1.165, 1.54) is 0 Å². The average molecular weight is 264 g/mol. The number of carbonyl (C=O) groups excluding carboxylic acids is 1. The van der Waals surface area contributed by atoms with Gasteiger partial charge in [-0.25, -0.2) is 14.8 Å². The predicted molar refractivity (Wildman–Crippen MR) is 75.4 cm³/mol. The Morgan fingerprint density at radius 2 is 1.74 bits per heavy atom. The number of hydrogen-bond donors (Lipinski definition) is 0. The van der Waals surface area contributed by atoms with E-state index in [-0.39, 0.29) is 16.8 Å². The fourth-order valence-corrected chi connectivity index (χ4v) is 1.67. The molecule has 1 heterocycles. The van der Waals surface area contributed by atoms with Gasteiger partial charge in [0.15, 0.2) is 0 Å². The summed E-state index contributed by atoms with van der Waals surface area (Å²) in [5.74, 6) is 0.387. The second-order valence-electron chi connectivity index (χ2n) is 6.68. The number of aromatic nitrogens is 2. The molecule has 0 unspecified atom stereocenters. The van der Waals surface area contributed by atoms with Gasteiger partial charge in [0.05, 0.1) is 12.3 Å². The topological polar surface area (TPSA) is 52.1 Å². The van der Waals surface area contributed by atoms with E-state index in [0.717, 1.165) is 11.5 Å². The number of rotatable bonds is 2. The highest BCUT2D eigenvalue weighted by molar-refractivity contribution is 5.90. The molecular formula is C15H24N2O2. The highest BCUT2D eigenvalue weighted by atomic mass is 16.5. The Morgan fingerprint density at radius 1 is 1.16 bits per heavy atom. The van der Waals surface area contributed by atoms with Crippen LogP contribution in [0.1, 0.15) is 70.3 Å². The van der Waals surface area contributed by atoms with Crippen LogP contribution in [-0.2, 0) is 15.6 Å². The van der Waals surface area contributed by atoms with Gasteiger partial charge in [0, 0.05) is 17.0 Å². The summed E-state index contributed by atoms with van der Waals surface area (Å²) in [7, 11) is 0. The summed E-state index contributed by atoms with van der Waals surface area (Å²) < 4.78 is 5.07. The van der Waals surface area contributed by atoms with Crippen molar-refractivity contribution in [3.63, 3.8) is 0 Å². The first-order valence-corrected chi connectivity index (χ1v) is 6.62. The zero-order valence-corrected chi connectivity index (χ0v) is 13.0. The molecule has 1 rings (SSSR count). The summed E-state index contributed by atoms with van der Waals surface area (Å²) >= 11 is 0. The number of ether oxygens (including phenoxy) is 1. The molecule has 0 aliphatic carbocycles. The van der Waals surface area contributed by atoms with Crippen LogP contribution in [0.2, 0.25) is 0 Å². The molecule has 106 valence electrons. The van der Waals surface area contributed by atoms with E-state index in [1.54, 1.807) is 13.1 Å². The van der Waals surface area contributed by atoms with Crippen molar-refractivity contribution in [2.75, 3.05) is 6.61 Å². The molecule has 0 saturated carbocycles. The minimum absolute atomic E-state index is 0.146. The van der Waals surface area contributed by atoms with Gasteiger partial charge in [0.25, 0.3) is 0 Å². The molecule has 1 aromatic rings. The van der Waals surface area contributed by atoms with Crippen molar-refractivity contribution in [2.24, 2.45) is 0 Å². The van der Waals surface area contributed by atoms with Gasteiger partial charge in [-0.3, -0.25) is 0 Å². The first-order valence-electron chi connectivity index (χ1n) is 6.62. The van der Waals surface area contributed by atoms with Gasteiger partial charge < -0.3 is 4.74 Å². The third-order valence-corrected chi connectivity index (χ3v) is 2.67. The zero-order valence-electron chi connectivity index (χ0n) is 13.0. The van der Waals surface area contributed by atoms with Gasteiger partial charge in [-0.1, -0.05) is 41.5 Å². The van der Waals surface area contributed by atoms with Crippen LogP contribution in [0.4, 0.5) is 0 Å². The first-order chi connectivity index (χ1) is 8.57. The van der Waals surface area contributed by atoms with Gasteiger partial charge in [-0.2, -0.15) is 0 Å². The first kappa shape index (κ1) is 15.6. The number of esters is 1. The third kappa shape index (κ3) is 3.75. The molecule has 0 aliphatic heterocycles. The van der Waals surface area contributed by atoms with E-state index in [0.29, 0.717) is 12.2 Å². The van der Waals surface area contributed by atoms with E-state index >= 15 is 0 Å². The molecule has 0 saturated heterocycles. The summed E-state index contributed by atoms with van der Waals surface area (Å²) in [6, 6.07) is 0. The van der Waals surface area contributed by atoms with Crippen molar-refractivity contribution < 1.29 is 9.53 Å². The third-order valence-electron chi connectivity index (χ3n) is 2.67. The van der Waals surface area contributed by atoms with Crippen molar-refractivity contribution in [2.45, 2.75) is 59.3 Å². The molecule has 0 fully saturated rings. The smallest absolute Gasteiger partial charge is 0.341 e. The molecular weight excluding hydrogens is 240 g/mol. The second-order valence-corrected chi connectivity index (χ2v) is 6.68. The lowest BCUT2D eigenvalue weighted by Crippen LogP contribution is -2.25. The minimum atomic E-state index is -0.354. The van der Waals surface area contributed by atoms with E-state index < -0.39 is 0 Å². The molecule has 4 heteroatoms. The van der Waals surface area contributed by atoms with E-state index in [9.17, 15) is 4.79 Å². The van der Waals surface area contributed by atoms with E-state index in [2.05, 4.69) is 30.7 Å². The molecule has 19 heavy (non-hydrogen) atoms. The molecule has 0 amide bonds. The maximum absolute atomic E-state index is 12.0. The Balaban J connectivity index is 3.38. The summed E-state index contributed by atoms with van der Waals surface area (Å²) in [5, 5.41) is 0. The SMILES string of the molecule is CCOC(=O)c1cnc(C(C)(C)C)nc1C(C)(C)C. The maximum Gasteiger partial charge on any atom is 0.341 e. The maximum atomic E-state index is 12.0. The van der Waals surface area contributed by atoms with E-state index in [4.69, 9.17) is 4.74 Å². The van der Waals surface area contributed by atoms with Gasteiger partial charge in [-0.15, -0.1) is 0 Å². The number of nitrogens with zero attached hydrogens (tertiary/aromatic N) is 2. The number of carbonyl (C=O) groups is 1. The van der Waals surface area contributed by atoms with Crippen LogP contribution in [0.25, 0.3) is 0 Å². The molecule has 0 N–H and O–H groups in total. The molecule has 0 aromatic carbocycles. The van der Waals surface area contributed by atoms with Crippen molar-refractivity contribution in [1.82, 2.24) is 9.97 Å². The lowest BCUT2D eigenvalue weighted by atomic mass is 9.87. The fraction of sp³-hybridized carbons (Fsp3) is 0.667. The molecule has 0 atom stereocenters. The summed E-state index contributed by atoms with van der Waals surface area (Å²) in [5.41, 5.74) is 0.825. The second kappa shape index (κ2) is 5.27. The molecule has 4 nitrogen and oxygen atoms in total. The van der Waals surface area contributed by atoms with Crippen LogP contribution in [0, 0.1) is 0 Å². The summed E-state index contributed by atoms with van der Waals surface area (Å²) in [6.45, 7) is 14.4. The lowest BCUT2D eigenvalue weighted by Gasteiger charge is -2.24. The highest BCUT2D eigenvalue weighted by Crippen LogP contribution is 2.27. The van der Waals surface area contributed by atoms with Gasteiger partial charge in [0.2, 0.25) is 0 Å². The Labute approximate surface area is 115 Å². The van der Waals surface area contributed by atoms with Crippen LogP contribution in [0.3, 0.4) is 0 Å². The zero-order chi connectivity index (χ0) is 14.8.